The largest absolute Gasteiger partial charge is 0.0616 e. The van der Waals surface area contributed by atoms with Crippen LogP contribution < -0.4 is 0 Å². The van der Waals surface area contributed by atoms with Gasteiger partial charge in [-0.25, -0.2) is 0 Å². The summed E-state index contributed by atoms with van der Waals surface area (Å²) in [5.41, 5.74) is 5.01. The van der Waals surface area contributed by atoms with Gasteiger partial charge in [-0.1, -0.05) is 109 Å². The number of fused-ring (bicyclic) bond motifs is 6. The van der Waals surface area contributed by atoms with Gasteiger partial charge in [0.1, 0.15) is 0 Å². The third-order valence-electron chi connectivity index (χ3n) is 7.96. The van der Waals surface area contributed by atoms with E-state index in [0.717, 1.165) is 0 Å². The minimum absolute atomic E-state index is 1.25. The van der Waals surface area contributed by atoms with Crippen molar-refractivity contribution in [3.63, 3.8) is 0 Å². The molecular weight excluding hydrogens is 456 g/mol. The molecular formula is C38H24. The molecule has 0 atom stereocenters. The van der Waals surface area contributed by atoms with E-state index < -0.39 is 0 Å². The van der Waals surface area contributed by atoms with E-state index in [1.54, 1.807) is 0 Å². The van der Waals surface area contributed by atoms with E-state index in [2.05, 4.69) is 146 Å². The molecule has 0 saturated heterocycles. The van der Waals surface area contributed by atoms with Crippen molar-refractivity contribution in [2.24, 2.45) is 0 Å². The Morgan fingerprint density at radius 2 is 0.605 bits per heavy atom. The molecule has 0 radical (unpaired) electrons. The number of hydrogen-bond donors (Lipinski definition) is 0. The van der Waals surface area contributed by atoms with Gasteiger partial charge in [-0.15, -0.1) is 0 Å². The highest BCUT2D eigenvalue weighted by atomic mass is 14.1. The van der Waals surface area contributed by atoms with Gasteiger partial charge in [0, 0.05) is 0 Å². The quantitative estimate of drug-likeness (QED) is 0.170. The molecule has 38 heavy (non-hydrogen) atoms. The fourth-order valence-corrected chi connectivity index (χ4v) is 5.91. The second-order valence-corrected chi connectivity index (χ2v) is 10.3. The van der Waals surface area contributed by atoms with E-state index in [1.165, 1.54) is 76.1 Å². The van der Waals surface area contributed by atoms with Crippen LogP contribution in [0.1, 0.15) is 0 Å². The zero-order valence-corrected chi connectivity index (χ0v) is 20.9. The maximum atomic E-state index is 2.34. The number of benzene rings is 8. The standard InChI is InChI=1S/C38H24/c1-2-7-28-19-29(13-9-25(28)5-1)30-15-17-32-23-36-21-31(16-18-33(36)22-35(32)20-30)34-14-12-27-11-10-26-6-3-4-8-37(26)38(27)24-34/h1-24H. The predicted molar refractivity (Wildman–Crippen MR) is 165 cm³/mol. The minimum Gasteiger partial charge on any atom is -0.0616 e. The SMILES string of the molecule is c1ccc2cc(-c3ccc4cc5cc(-c6ccc7ccc8ccccc8c7c6)ccc5cc4c3)ccc2c1. The fourth-order valence-electron chi connectivity index (χ4n) is 5.91. The van der Waals surface area contributed by atoms with Gasteiger partial charge in [0.2, 0.25) is 0 Å². The van der Waals surface area contributed by atoms with Crippen molar-refractivity contribution in [3.8, 4) is 22.3 Å². The molecule has 0 heterocycles. The van der Waals surface area contributed by atoms with E-state index in [9.17, 15) is 0 Å². The predicted octanol–water partition coefficient (Wildman–Crippen LogP) is 10.8. The highest BCUT2D eigenvalue weighted by Crippen LogP contribution is 2.34. The molecule has 0 aliphatic rings. The Hall–Kier alpha value is -4.94. The molecule has 0 aliphatic heterocycles. The molecule has 0 aliphatic carbocycles. The zero-order valence-electron chi connectivity index (χ0n) is 20.9. The molecule has 0 spiro atoms. The topological polar surface area (TPSA) is 0 Å². The van der Waals surface area contributed by atoms with Gasteiger partial charge >= 0.3 is 0 Å². The Labute approximate surface area is 221 Å². The summed E-state index contributed by atoms with van der Waals surface area (Å²) in [6, 6.07) is 53.5. The monoisotopic (exact) mass is 480 g/mol. The molecule has 0 unspecified atom stereocenters. The average Bonchev–Trinajstić information content (AvgIpc) is 2.99. The van der Waals surface area contributed by atoms with Crippen LogP contribution in [0.3, 0.4) is 0 Å². The van der Waals surface area contributed by atoms with Crippen LogP contribution in [-0.4, -0.2) is 0 Å². The van der Waals surface area contributed by atoms with Crippen molar-refractivity contribution >= 4 is 53.9 Å². The Morgan fingerprint density at radius 3 is 1.26 bits per heavy atom. The van der Waals surface area contributed by atoms with Gasteiger partial charge in [-0.3, -0.25) is 0 Å². The minimum atomic E-state index is 1.25. The van der Waals surface area contributed by atoms with Gasteiger partial charge in [0.05, 0.1) is 0 Å². The normalized spacial score (nSPS) is 11.7. The molecule has 0 nitrogen and oxygen atoms in total. The lowest BCUT2D eigenvalue weighted by atomic mass is 9.94. The van der Waals surface area contributed by atoms with Crippen LogP contribution in [-0.2, 0) is 0 Å². The summed E-state index contributed by atoms with van der Waals surface area (Å²) in [7, 11) is 0. The summed E-state index contributed by atoms with van der Waals surface area (Å²) in [6.07, 6.45) is 0. The molecule has 0 bridgehead atoms. The Morgan fingerprint density at radius 1 is 0.211 bits per heavy atom. The van der Waals surface area contributed by atoms with E-state index in [-0.39, 0.29) is 0 Å². The highest BCUT2D eigenvalue weighted by molar-refractivity contribution is 6.09. The number of hydrogen-bond acceptors (Lipinski definition) is 0. The molecule has 8 aromatic rings. The smallest absolute Gasteiger partial charge is 0.00992 e. The lowest BCUT2D eigenvalue weighted by Crippen LogP contribution is -1.84. The van der Waals surface area contributed by atoms with Crippen LogP contribution in [0.15, 0.2) is 146 Å². The van der Waals surface area contributed by atoms with Crippen molar-refractivity contribution in [2.75, 3.05) is 0 Å². The average molecular weight is 481 g/mol. The van der Waals surface area contributed by atoms with Crippen LogP contribution >= 0.6 is 0 Å². The van der Waals surface area contributed by atoms with Crippen molar-refractivity contribution in [1.82, 2.24) is 0 Å². The molecule has 0 heteroatoms. The van der Waals surface area contributed by atoms with E-state index in [4.69, 9.17) is 0 Å². The summed E-state index contributed by atoms with van der Waals surface area (Å²) in [5.74, 6) is 0. The summed E-state index contributed by atoms with van der Waals surface area (Å²) < 4.78 is 0. The third-order valence-corrected chi connectivity index (χ3v) is 7.96. The Balaban J connectivity index is 1.22. The van der Waals surface area contributed by atoms with Gasteiger partial charge < -0.3 is 0 Å². The van der Waals surface area contributed by atoms with Crippen LogP contribution in [0.25, 0.3) is 76.1 Å². The first-order valence-corrected chi connectivity index (χ1v) is 13.2. The molecule has 176 valence electrons. The summed E-state index contributed by atoms with van der Waals surface area (Å²) in [6.45, 7) is 0. The van der Waals surface area contributed by atoms with Crippen LogP contribution in [0.4, 0.5) is 0 Å². The number of rotatable bonds is 2. The summed E-state index contributed by atoms with van der Waals surface area (Å²) >= 11 is 0. The lowest BCUT2D eigenvalue weighted by molar-refractivity contribution is 1.67. The first kappa shape index (κ1) is 21.2. The molecule has 0 fully saturated rings. The van der Waals surface area contributed by atoms with Crippen molar-refractivity contribution < 1.29 is 0 Å². The zero-order chi connectivity index (χ0) is 25.1. The summed E-state index contributed by atoms with van der Waals surface area (Å²) in [5, 5.41) is 12.8. The Kier molecular flexibility index (Phi) is 4.62. The highest BCUT2D eigenvalue weighted by Gasteiger charge is 2.07. The molecule has 0 aromatic heterocycles. The van der Waals surface area contributed by atoms with Gasteiger partial charge in [0.25, 0.3) is 0 Å². The molecule has 0 amide bonds. The van der Waals surface area contributed by atoms with Crippen LogP contribution in [0.2, 0.25) is 0 Å². The second-order valence-electron chi connectivity index (χ2n) is 10.3. The first-order valence-electron chi connectivity index (χ1n) is 13.2. The lowest BCUT2D eigenvalue weighted by Gasteiger charge is -2.10. The van der Waals surface area contributed by atoms with Crippen molar-refractivity contribution in [3.05, 3.63) is 146 Å². The van der Waals surface area contributed by atoms with Gasteiger partial charge in [-0.05, 0) is 113 Å². The Bertz CT molecular complexity index is 2180. The molecule has 0 N–H and O–H groups in total. The van der Waals surface area contributed by atoms with Crippen molar-refractivity contribution in [2.45, 2.75) is 0 Å². The van der Waals surface area contributed by atoms with Gasteiger partial charge in [0.15, 0.2) is 0 Å². The van der Waals surface area contributed by atoms with E-state index in [0.29, 0.717) is 0 Å². The fraction of sp³-hybridized carbons (Fsp3) is 0. The molecule has 8 rings (SSSR count). The first-order chi connectivity index (χ1) is 18.8. The third kappa shape index (κ3) is 3.46. The van der Waals surface area contributed by atoms with Crippen LogP contribution in [0.5, 0.6) is 0 Å². The van der Waals surface area contributed by atoms with E-state index >= 15 is 0 Å². The van der Waals surface area contributed by atoms with Crippen LogP contribution in [0, 0.1) is 0 Å². The maximum Gasteiger partial charge on any atom is -0.00992 e. The van der Waals surface area contributed by atoms with Crippen molar-refractivity contribution in [1.29, 1.82) is 0 Å². The van der Waals surface area contributed by atoms with Gasteiger partial charge in [-0.2, -0.15) is 0 Å². The van der Waals surface area contributed by atoms with E-state index in [1.807, 2.05) is 0 Å². The summed E-state index contributed by atoms with van der Waals surface area (Å²) in [4.78, 5) is 0. The molecule has 0 saturated carbocycles. The molecule has 8 aromatic carbocycles. The second kappa shape index (κ2) is 8.30. The maximum absolute atomic E-state index is 2.34.